The lowest BCUT2D eigenvalue weighted by atomic mass is 10.1. The Hall–Kier alpha value is -2.59. The lowest BCUT2D eigenvalue weighted by Gasteiger charge is -2.02. The first-order valence-corrected chi connectivity index (χ1v) is 7.06. The van der Waals surface area contributed by atoms with E-state index in [0.29, 0.717) is 16.4 Å². The zero-order valence-electron chi connectivity index (χ0n) is 11.9. The lowest BCUT2D eigenvalue weighted by Crippen LogP contribution is -1.96. The fraction of sp³-hybridized carbons (Fsp3) is 0.0588. The molecule has 0 aliphatic rings. The van der Waals surface area contributed by atoms with Crippen LogP contribution in [-0.4, -0.2) is 23.2 Å². The number of carbonyl (C=O) groups excluding carboxylic acids is 1. The molecule has 2 aromatic carbocycles. The lowest BCUT2D eigenvalue weighted by molar-refractivity contribution is 0.112. The molecule has 0 aliphatic carbocycles. The summed E-state index contributed by atoms with van der Waals surface area (Å²) in [6.07, 6.45) is 0.730. The quantitative estimate of drug-likeness (QED) is 0.684. The zero-order valence-corrected chi connectivity index (χ0v) is 12.6. The van der Waals surface area contributed by atoms with E-state index in [-0.39, 0.29) is 0 Å². The molecule has 22 heavy (non-hydrogen) atoms. The van der Waals surface area contributed by atoms with Gasteiger partial charge in [0.2, 0.25) is 0 Å². The van der Waals surface area contributed by atoms with Crippen LogP contribution in [0, 0.1) is 0 Å². The van der Waals surface area contributed by atoms with Crippen molar-refractivity contribution in [3.05, 3.63) is 65.3 Å². The van der Waals surface area contributed by atoms with Crippen LogP contribution in [0.4, 0.5) is 0 Å². The second kappa shape index (κ2) is 6.03. The van der Waals surface area contributed by atoms with Crippen LogP contribution in [0.15, 0.2) is 54.6 Å². The molecule has 1 aromatic heterocycles. The summed E-state index contributed by atoms with van der Waals surface area (Å²) >= 11 is 6.32. The van der Waals surface area contributed by atoms with Crippen LogP contribution in [0.2, 0.25) is 5.15 Å². The van der Waals surface area contributed by atoms with Crippen LogP contribution in [0.3, 0.4) is 0 Å². The molecule has 0 unspecified atom stereocenters. The minimum absolute atomic E-state index is 0.298. The van der Waals surface area contributed by atoms with E-state index < -0.39 is 0 Å². The van der Waals surface area contributed by atoms with Crippen LogP contribution in [0.25, 0.3) is 16.9 Å². The van der Waals surface area contributed by atoms with Gasteiger partial charge in [-0.2, -0.15) is 5.10 Å². The Kier molecular flexibility index (Phi) is 3.94. The molecule has 0 amide bonds. The van der Waals surface area contributed by atoms with Gasteiger partial charge in [-0.3, -0.25) is 4.79 Å². The molecule has 0 aliphatic heterocycles. The number of hydrogen-bond acceptors (Lipinski definition) is 3. The molecular formula is C17H13ClN2O2. The van der Waals surface area contributed by atoms with Gasteiger partial charge >= 0.3 is 0 Å². The highest BCUT2D eigenvalue weighted by Gasteiger charge is 2.18. The number of methoxy groups -OCH3 is 1. The molecule has 0 fully saturated rings. The first-order chi connectivity index (χ1) is 10.7. The van der Waals surface area contributed by atoms with Crippen molar-refractivity contribution in [3.63, 3.8) is 0 Å². The molecule has 110 valence electrons. The minimum Gasteiger partial charge on any atom is -0.497 e. The third-order valence-electron chi connectivity index (χ3n) is 3.35. The molecule has 0 saturated carbocycles. The number of nitrogens with zero attached hydrogens (tertiary/aromatic N) is 2. The SMILES string of the molecule is COc1ccc(-c2nn(-c3ccccc3)c(Cl)c2C=O)cc1. The summed E-state index contributed by atoms with van der Waals surface area (Å²) in [7, 11) is 1.60. The van der Waals surface area contributed by atoms with Gasteiger partial charge in [0.15, 0.2) is 6.29 Å². The molecule has 1 heterocycles. The molecule has 3 rings (SSSR count). The van der Waals surface area contributed by atoms with E-state index in [1.165, 1.54) is 0 Å². The molecular weight excluding hydrogens is 300 g/mol. The number of aromatic nitrogens is 2. The van der Waals surface area contributed by atoms with Crippen LogP contribution >= 0.6 is 11.6 Å². The standard InChI is InChI=1S/C17H13ClN2O2/c1-22-14-9-7-12(8-10-14)16-15(11-21)17(18)20(19-16)13-5-3-2-4-6-13/h2-11H,1H3. The van der Waals surface area contributed by atoms with Crippen molar-refractivity contribution in [3.8, 4) is 22.7 Å². The maximum atomic E-state index is 11.4. The van der Waals surface area contributed by atoms with Gasteiger partial charge in [-0.15, -0.1) is 0 Å². The largest absolute Gasteiger partial charge is 0.497 e. The monoisotopic (exact) mass is 312 g/mol. The van der Waals surface area contributed by atoms with Crippen molar-refractivity contribution in [2.45, 2.75) is 0 Å². The van der Waals surface area contributed by atoms with Gasteiger partial charge in [-0.1, -0.05) is 29.8 Å². The number of rotatable bonds is 4. The van der Waals surface area contributed by atoms with Gasteiger partial charge in [-0.05, 0) is 36.4 Å². The van der Waals surface area contributed by atoms with E-state index in [1.807, 2.05) is 54.6 Å². The van der Waals surface area contributed by atoms with Gasteiger partial charge in [-0.25, -0.2) is 4.68 Å². The topological polar surface area (TPSA) is 44.1 Å². The second-order valence-corrected chi connectivity index (χ2v) is 5.00. The van der Waals surface area contributed by atoms with E-state index >= 15 is 0 Å². The van der Waals surface area contributed by atoms with E-state index in [0.717, 1.165) is 23.3 Å². The van der Waals surface area contributed by atoms with E-state index in [9.17, 15) is 4.79 Å². The second-order valence-electron chi connectivity index (χ2n) is 4.65. The first kappa shape index (κ1) is 14.4. The van der Waals surface area contributed by atoms with Crippen LogP contribution < -0.4 is 4.74 Å². The summed E-state index contributed by atoms with van der Waals surface area (Å²) in [6.45, 7) is 0. The van der Waals surface area contributed by atoms with E-state index in [1.54, 1.807) is 11.8 Å². The highest BCUT2D eigenvalue weighted by atomic mass is 35.5. The normalized spacial score (nSPS) is 10.5. The number of halogens is 1. The van der Waals surface area contributed by atoms with Crippen molar-refractivity contribution in [2.24, 2.45) is 0 Å². The number of para-hydroxylation sites is 1. The Balaban J connectivity index is 2.13. The number of carbonyl (C=O) groups is 1. The Morgan fingerprint density at radius 2 is 1.77 bits per heavy atom. The molecule has 0 bridgehead atoms. The molecule has 0 spiro atoms. The molecule has 0 saturated heterocycles. The third kappa shape index (κ3) is 2.49. The number of ether oxygens (including phenoxy) is 1. The molecule has 0 N–H and O–H groups in total. The molecule has 3 aromatic rings. The number of aldehydes is 1. The van der Waals surface area contributed by atoms with Crippen LogP contribution in [0.1, 0.15) is 10.4 Å². The highest BCUT2D eigenvalue weighted by Crippen LogP contribution is 2.30. The minimum atomic E-state index is 0.298. The summed E-state index contributed by atoms with van der Waals surface area (Å²) in [4.78, 5) is 11.4. The Labute approximate surface area is 132 Å². The predicted molar refractivity (Wildman–Crippen MR) is 85.9 cm³/mol. The Bertz CT molecular complexity index is 796. The van der Waals surface area contributed by atoms with Crippen LogP contribution in [0.5, 0.6) is 5.75 Å². The maximum absolute atomic E-state index is 11.4. The van der Waals surface area contributed by atoms with Crippen molar-refractivity contribution in [1.82, 2.24) is 9.78 Å². The Morgan fingerprint density at radius 3 is 2.36 bits per heavy atom. The van der Waals surface area contributed by atoms with E-state index in [4.69, 9.17) is 16.3 Å². The summed E-state index contributed by atoms with van der Waals surface area (Å²) in [5.74, 6) is 0.741. The fourth-order valence-corrected chi connectivity index (χ4v) is 2.49. The zero-order chi connectivity index (χ0) is 15.5. The number of benzene rings is 2. The van der Waals surface area contributed by atoms with Crippen molar-refractivity contribution in [1.29, 1.82) is 0 Å². The molecule has 0 atom stereocenters. The van der Waals surface area contributed by atoms with Gasteiger partial charge < -0.3 is 4.74 Å². The molecule has 5 heteroatoms. The van der Waals surface area contributed by atoms with Crippen LogP contribution in [-0.2, 0) is 0 Å². The Morgan fingerprint density at radius 1 is 1.09 bits per heavy atom. The van der Waals surface area contributed by atoms with Gasteiger partial charge in [0.1, 0.15) is 16.6 Å². The summed E-state index contributed by atoms with van der Waals surface area (Å²) in [5, 5.41) is 4.79. The van der Waals surface area contributed by atoms with E-state index in [2.05, 4.69) is 5.10 Å². The average Bonchev–Trinajstić information content (AvgIpc) is 2.92. The molecule has 4 nitrogen and oxygen atoms in total. The smallest absolute Gasteiger partial charge is 0.155 e. The third-order valence-corrected chi connectivity index (χ3v) is 3.71. The average molecular weight is 313 g/mol. The van der Waals surface area contributed by atoms with Crippen molar-refractivity contribution < 1.29 is 9.53 Å². The molecule has 0 radical (unpaired) electrons. The maximum Gasteiger partial charge on any atom is 0.155 e. The van der Waals surface area contributed by atoms with Crippen molar-refractivity contribution >= 4 is 17.9 Å². The van der Waals surface area contributed by atoms with Gasteiger partial charge in [0.05, 0.1) is 18.4 Å². The first-order valence-electron chi connectivity index (χ1n) is 6.68. The highest BCUT2D eigenvalue weighted by molar-refractivity contribution is 6.32. The van der Waals surface area contributed by atoms with Gasteiger partial charge in [0.25, 0.3) is 0 Å². The summed E-state index contributed by atoms with van der Waals surface area (Å²) in [5.41, 5.74) is 2.53. The summed E-state index contributed by atoms with van der Waals surface area (Å²) < 4.78 is 6.70. The fourth-order valence-electron chi connectivity index (χ4n) is 2.22. The summed E-state index contributed by atoms with van der Waals surface area (Å²) in [6, 6.07) is 16.8. The van der Waals surface area contributed by atoms with Gasteiger partial charge in [0, 0.05) is 5.56 Å². The number of hydrogen-bond donors (Lipinski definition) is 0. The predicted octanol–water partition coefficient (Wildman–Crippen LogP) is 4.01. The van der Waals surface area contributed by atoms with Crippen molar-refractivity contribution in [2.75, 3.05) is 7.11 Å².